The van der Waals surface area contributed by atoms with Crippen LogP contribution in [0.25, 0.3) is 66.4 Å². The number of benzene rings is 10. The van der Waals surface area contributed by atoms with Crippen LogP contribution in [0.2, 0.25) is 0 Å². The second-order valence-electron chi connectivity index (χ2n) is 16.4. The van der Waals surface area contributed by atoms with Crippen molar-refractivity contribution >= 4 is 39.0 Å². The van der Waals surface area contributed by atoms with Gasteiger partial charge in [-0.2, -0.15) is 0 Å². The quantitative estimate of drug-likeness (QED) is 0.152. The van der Waals surface area contributed by atoms with E-state index in [4.69, 9.17) is 4.42 Å². The highest BCUT2D eigenvalue weighted by atomic mass is 16.3. The molecule has 0 bridgehead atoms. The number of nitrogens with zero attached hydrogens (tertiary/aromatic N) is 1. The number of hydrogen-bond acceptors (Lipinski definition) is 2. The zero-order valence-corrected chi connectivity index (χ0v) is 34.5. The molecule has 296 valence electrons. The predicted octanol–water partition coefficient (Wildman–Crippen LogP) is 16.4. The number of rotatable bonds is 8. The van der Waals surface area contributed by atoms with Gasteiger partial charge < -0.3 is 9.32 Å². The summed E-state index contributed by atoms with van der Waals surface area (Å²) >= 11 is 0. The van der Waals surface area contributed by atoms with Crippen molar-refractivity contribution in [2.45, 2.75) is 5.41 Å². The van der Waals surface area contributed by atoms with Gasteiger partial charge in [0.05, 0.1) is 11.1 Å². The van der Waals surface area contributed by atoms with Crippen LogP contribution in [0.4, 0.5) is 17.1 Å². The third kappa shape index (κ3) is 6.02. The van der Waals surface area contributed by atoms with E-state index in [2.05, 4.69) is 241 Å². The summed E-state index contributed by atoms with van der Waals surface area (Å²) in [6, 6.07) is 90.3. The van der Waals surface area contributed by atoms with Crippen LogP contribution in [0.1, 0.15) is 22.3 Å². The van der Waals surface area contributed by atoms with Gasteiger partial charge in [-0.3, -0.25) is 0 Å². The van der Waals surface area contributed by atoms with E-state index in [1.165, 1.54) is 50.1 Å². The second kappa shape index (κ2) is 15.1. The minimum Gasteiger partial charge on any atom is -0.456 e. The van der Waals surface area contributed by atoms with Crippen molar-refractivity contribution in [1.29, 1.82) is 0 Å². The summed E-state index contributed by atoms with van der Waals surface area (Å²) < 4.78 is 6.38. The van der Waals surface area contributed by atoms with Crippen LogP contribution >= 0.6 is 0 Å². The lowest BCUT2D eigenvalue weighted by molar-refractivity contribution is 0.669. The summed E-state index contributed by atoms with van der Waals surface area (Å²) in [5, 5.41) is 2.26. The van der Waals surface area contributed by atoms with Gasteiger partial charge in [0.15, 0.2) is 0 Å². The Bertz CT molecular complexity index is 3400. The van der Waals surface area contributed by atoms with E-state index in [0.717, 1.165) is 55.7 Å². The Balaban J connectivity index is 1.07. The lowest BCUT2D eigenvalue weighted by Gasteiger charge is -2.34. The average Bonchev–Trinajstić information content (AvgIpc) is 3.89. The van der Waals surface area contributed by atoms with Crippen LogP contribution in [0, 0.1) is 0 Å². The first-order valence-electron chi connectivity index (χ1n) is 21.7. The third-order valence-corrected chi connectivity index (χ3v) is 12.9. The van der Waals surface area contributed by atoms with Gasteiger partial charge in [-0.15, -0.1) is 0 Å². The molecule has 63 heavy (non-hydrogen) atoms. The maximum absolute atomic E-state index is 6.38. The summed E-state index contributed by atoms with van der Waals surface area (Å²) in [4.78, 5) is 2.47. The fourth-order valence-electron chi connectivity index (χ4n) is 10.1. The fraction of sp³-hybridized carbons (Fsp3) is 0.0164. The predicted molar refractivity (Wildman–Crippen MR) is 262 cm³/mol. The van der Waals surface area contributed by atoms with E-state index in [-0.39, 0.29) is 0 Å². The number of furan rings is 1. The molecule has 12 rings (SSSR count). The van der Waals surface area contributed by atoms with Crippen LogP contribution in [0.3, 0.4) is 0 Å². The molecule has 0 amide bonds. The van der Waals surface area contributed by atoms with Gasteiger partial charge in [0.1, 0.15) is 11.2 Å². The molecule has 0 saturated carbocycles. The molecule has 1 heterocycles. The highest BCUT2D eigenvalue weighted by Crippen LogP contribution is 2.59. The number of hydrogen-bond donors (Lipinski definition) is 0. The first-order valence-corrected chi connectivity index (χ1v) is 21.7. The van der Waals surface area contributed by atoms with Gasteiger partial charge in [-0.25, -0.2) is 0 Å². The average molecular weight is 804 g/mol. The van der Waals surface area contributed by atoms with Gasteiger partial charge in [0.2, 0.25) is 0 Å². The normalized spacial score (nSPS) is 12.6. The molecule has 2 nitrogen and oxygen atoms in total. The molecule has 1 aliphatic carbocycles. The first-order chi connectivity index (χ1) is 31.2. The molecule has 0 spiro atoms. The molecule has 2 heteroatoms. The van der Waals surface area contributed by atoms with Gasteiger partial charge in [0, 0.05) is 27.7 Å². The van der Waals surface area contributed by atoms with E-state index >= 15 is 0 Å². The van der Waals surface area contributed by atoms with Crippen molar-refractivity contribution in [2.75, 3.05) is 4.90 Å². The Morgan fingerprint density at radius 3 is 1.49 bits per heavy atom. The molecule has 11 aromatic rings. The zero-order valence-electron chi connectivity index (χ0n) is 34.5. The van der Waals surface area contributed by atoms with Crippen molar-refractivity contribution in [3.63, 3.8) is 0 Å². The van der Waals surface area contributed by atoms with Gasteiger partial charge in [-0.1, -0.05) is 200 Å². The van der Waals surface area contributed by atoms with Crippen LogP contribution < -0.4 is 4.90 Å². The van der Waals surface area contributed by atoms with Crippen molar-refractivity contribution < 1.29 is 4.42 Å². The monoisotopic (exact) mass is 803 g/mol. The summed E-state index contributed by atoms with van der Waals surface area (Å²) in [6.45, 7) is 0. The van der Waals surface area contributed by atoms with Crippen molar-refractivity contribution in [3.05, 3.63) is 271 Å². The fourth-order valence-corrected chi connectivity index (χ4v) is 10.1. The topological polar surface area (TPSA) is 16.4 Å². The lowest BCUT2D eigenvalue weighted by atomic mass is 9.68. The Morgan fingerprint density at radius 1 is 0.317 bits per heavy atom. The maximum atomic E-state index is 6.38. The molecule has 0 N–H and O–H groups in total. The highest BCUT2D eigenvalue weighted by molar-refractivity contribution is 6.06. The minimum absolute atomic E-state index is 0.525. The van der Waals surface area contributed by atoms with E-state index in [0.29, 0.717) is 0 Å². The van der Waals surface area contributed by atoms with Gasteiger partial charge in [0.25, 0.3) is 0 Å². The molecule has 0 fully saturated rings. The van der Waals surface area contributed by atoms with E-state index in [1.807, 2.05) is 12.1 Å². The number of para-hydroxylation sites is 1. The smallest absolute Gasteiger partial charge is 0.136 e. The number of fused-ring (bicyclic) bond motifs is 6. The third-order valence-electron chi connectivity index (χ3n) is 12.9. The second-order valence-corrected chi connectivity index (χ2v) is 16.4. The van der Waals surface area contributed by atoms with E-state index < -0.39 is 5.41 Å². The molecular formula is C61H41NO. The van der Waals surface area contributed by atoms with Crippen LogP contribution in [-0.2, 0) is 5.41 Å². The molecule has 1 aliphatic rings. The molecular weight excluding hydrogens is 763 g/mol. The van der Waals surface area contributed by atoms with Crippen LogP contribution in [0.15, 0.2) is 253 Å². The lowest BCUT2D eigenvalue weighted by Crippen LogP contribution is -2.28. The van der Waals surface area contributed by atoms with Gasteiger partial charge >= 0.3 is 0 Å². The Hall–Kier alpha value is -8.20. The first kappa shape index (κ1) is 36.6. The largest absolute Gasteiger partial charge is 0.456 e. The van der Waals surface area contributed by atoms with Crippen molar-refractivity contribution in [2.24, 2.45) is 0 Å². The molecule has 10 aromatic carbocycles. The Labute approximate surface area is 367 Å². The minimum atomic E-state index is -0.525. The molecule has 0 atom stereocenters. The summed E-state index contributed by atoms with van der Waals surface area (Å²) in [5.74, 6) is 0. The Kier molecular flexibility index (Phi) is 8.76. The van der Waals surface area contributed by atoms with Crippen LogP contribution in [-0.4, -0.2) is 0 Å². The molecule has 0 unspecified atom stereocenters. The van der Waals surface area contributed by atoms with E-state index in [9.17, 15) is 0 Å². The molecule has 0 radical (unpaired) electrons. The SMILES string of the molecule is c1ccc(-c2ccc(-c3cccc(N(c4cccc(-c5ccc6c(c5)oc5ccccc56)c4)c4cccc5c4-c4ccccc4C5(c4ccccc4)c4ccccc4)c3)cc2)cc1. The van der Waals surface area contributed by atoms with Crippen molar-refractivity contribution in [3.8, 4) is 44.5 Å². The van der Waals surface area contributed by atoms with Crippen LogP contribution in [0.5, 0.6) is 0 Å². The Morgan fingerprint density at radius 2 is 0.794 bits per heavy atom. The maximum Gasteiger partial charge on any atom is 0.136 e. The standard InChI is InChI=1S/C61H41NO/c1-4-17-42(18-5-1)43-33-35-44(36-34-43)45-19-14-25-50(39-45)62(51-26-15-20-46(40-51)47-37-38-53-52-27-11-13-32-58(52)63-59(53)41-47)57-31-16-30-56-60(57)54-28-10-12-29-55(54)61(56,48-21-6-2-7-22-48)49-23-8-3-9-24-49/h1-41H. The highest BCUT2D eigenvalue weighted by Gasteiger charge is 2.47. The summed E-state index contributed by atoms with van der Waals surface area (Å²) in [7, 11) is 0. The van der Waals surface area contributed by atoms with Crippen molar-refractivity contribution in [1.82, 2.24) is 0 Å². The summed E-state index contributed by atoms with van der Waals surface area (Å²) in [5.41, 5.74) is 19.0. The molecule has 0 aliphatic heterocycles. The zero-order chi connectivity index (χ0) is 41.7. The number of anilines is 3. The van der Waals surface area contributed by atoms with Gasteiger partial charge in [-0.05, 0) is 110 Å². The molecule has 0 saturated heterocycles. The summed E-state index contributed by atoms with van der Waals surface area (Å²) in [6.07, 6.45) is 0. The van der Waals surface area contributed by atoms with E-state index in [1.54, 1.807) is 0 Å². The molecule has 1 aromatic heterocycles.